The number of halogens is 1. The highest BCUT2D eigenvalue weighted by atomic mass is 35.5. The number of nitrogens with zero attached hydrogens (tertiary/aromatic N) is 2. The topological polar surface area (TPSA) is 53.1 Å². The van der Waals surface area contributed by atoms with Crippen LogP contribution in [-0.4, -0.2) is 23.4 Å². The number of rotatable bonds is 4. The molecule has 1 heterocycles. The largest absolute Gasteiger partial charge is 0.495 e. The Hall–Kier alpha value is -1.52. The highest BCUT2D eigenvalue weighted by Gasteiger charge is 2.13. The van der Waals surface area contributed by atoms with Gasteiger partial charge in [-0.1, -0.05) is 11.6 Å². The molecule has 0 bridgehead atoms. The fraction of sp³-hybridized carbons (Fsp3) is 0.357. The van der Waals surface area contributed by atoms with Crippen LogP contribution in [0.4, 0.5) is 0 Å². The molecule has 4 nitrogen and oxygen atoms in total. The molecule has 19 heavy (non-hydrogen) atoms. The predicted molar refractivity (Wildman–Crippen MR) is 77.8 cm³/mol. The van der Waals surface area contributed by atoms with E-state index in [9.17, 15) is 0 Å². The minimum absolute atomic E-state index is 0.553. The van der Waals surface area contributed by atoms with E-state index >= 15 is 0 Å². The smallest absolute Gasteiger partial charge is 0.137 e. The summed E-state index contributed by atoms with van der Waals surface area (Å²) < 4.78 is 7.14. The lowest BCUT2D eigenvalue weighted by molar-refractivity contribution is 0.415. The van der Waals surface area contributed by atoms with Crippen molar-refractivity contribution in [3.8, 4) is 17.0 Å². The fourth-order valence-corrected chi connectivity index (χ4v) is 2.38. The molecule has 2 N–H and O–H groups in total. The van der Waals surface area contributed by atoms with Gasteiger partial charge in [-0.15, -0.1) is 0 Å². The van der Waals surface area contributed by atoms with E-state index in [2.05, 4.69) is 5.10 Å². The minimum atomic E-state index is 0.553. The van der Waals surface area contributed by atoms with Gasteiger partial charge < -0.3 is 10.5 Å². The quantitative estimate of drug-likeness (QED) is 0.936. The van der Waals surface area contributed by atoms with E-state index in [1.54, 1.807) is 7.11 Å². The molecule has 5 heteroatoms. The Balaban J connectivity index is 2.55. The zero-order chi connectivity index (χ0) is 14.0. The van der Waals surface area contributed by atoms with Gasteiger partial charge in [-0.05, 0) is 37.6 Å². The van der Waals surface area contributed by atoms with E-state index in [1.807, 2.05) is 36.7 Å². The highest BCUT2D eigenvalue weighted by Crippen LogP contribution is 2.33. The van der Waals surface area contributed by atoms with Crippen molar-refractivity contribution in [3.63, 3.8) is 0 Å². The van der Waals surface area contributed by atoms with E-state index in [4.69, 9.17) is 22.1 Å². The van der Waals surface area contributed by atoms with Crippen LogP contribution < -0.4 is 10.5 Å². The summed E-state index contributed by atoms with van der Waals surface area (Å²) in [5.41, 5.74) is 9.78. The molecular weight excluding hydrogens is 262 g/mol. The fourth-order valence-electron chi connectivity index (χ4n) is 2.14. The third-order valence-corrected chi connectivity index (χ3v) is 3.31. The normalized spacial score (nSPS) is 10.8. The van der Waals surface area contributed by atoms with Crippen LogP contribution in [0.3, 0.4) is 0 Å². The van der Waals surface area contributed by atoms with Gasteiger partial charge in [-0.2, -0.15) is 5.10 Å². The first-order valence-corrected chi connectivity index (χ1v) is 6.53. The number of methoxy groups -OCH3 is 1. The van der Waals surface area contributed by atoms with E-state index in [1.165, 1.54) is 0 Å². The Kier molecular flexibility index (Phi) is 4.12. The first-order valence-electron chi connectivity index (χ1n) is 6.16. The molecular formula is C14H18ClN3O. The molecule has 0 fully saturated rings. The summed E-state index contributed by atoms with van der Waals surface area (Å²) in [5.74, 6) is 0.685. The van der Waals surface area contributed by atoms with E-state index in [0.29, 0.717) is 23.9 Å². The predicted octanol–water partition coefficient (Wildman–Crippen LogP) is 2.79. The second-order valence-electron chi connectivity index (χ2n) is 4.48. The first kappa shape index (κ1) is 13.9. The van der Waals surface area contributed by atoms with Gasteiger partial charge in [0.1, 0.15) is 5.75 Å². The zero-order valence-corrected chi connectivity index (χ0v) is 12.2. The van der Waals surface area contributed by atoms with Crippen LogP contribution in [0.1, 0.15) is 11.3 Å². The van der Waals surface area contributed by atoms with Gasteiger partial charge in [0.15, 0.2) is 0 Å². The number of hydrogen-bond donors (Lipinski definition) is 1. The average molecular weight is 280 g/mol. The monoisotopic (exact) mass is 279 g/mol. The van der Waals surface area contributed by atoms with Crippen molar-refractivity contribution in [2.75, 3.05) is 13.7 Å². The third kappa shape index (κ3) is 2.74. The lowest BCUT2D eigenvalue weighted by atomic mass is 10.0. The third-order valence-electron chi connectivity index (χ3n) is 3.02. The Labute approximate surface area is 118 Å². The first-order chi connectivity index (χ1) is 9.06. The number of benzene rings is 1. The van der Waals surface area contributed by atoms with Gasteiger partial charge in [0, 0.05) is 12.1 Å². The summed E-state index contributed by atoms with van der Waals surface area (Å²) in [7, 11) is 1.61. The molecule has 0 aliphatic carbocycles. The van der Waals surface area contributed by atoms with E-state index in [-0.39, 0.29) is 0 Å². The van der Waals surface area contributed by atoms with Crippen LogP contribution in [0, 0.1) is 13.8 Å². The van der Waals surface area contributed by atoms with Crippen LogP contribution in [-0.2, 0) is 6.54 Å². The van der Waals surface area contributed by atoms with Crippen molar-refractivity contribution >= 4 is 11.6 Å². The second kappa shape index (κ2) is 5.63. The average Bonchev–Trinajstić information content (AvgIpc) is 2.73. The Morgan fingerprint density at radius 3 is 2.68 bits per heavy atom. The Morgan fingerprint density at radius 1 is 1.32 bits per heavy atom. The van der Waals surface area contributed by atoms with Gasteiger partial charge in [-0.25, -0.2) is 0 Å². The van der Waals surface area contributed by atoms with Crippen LogP contribution in [0.5, 0.6) is 5.75 Å². The van der Waals surface area contributed by atoms with Gasteiger partial charge in [-0.3, -0.25) is 4.68 Å². The van der Waals surface area contributed by atoms with E-state index < -0.39 is 0 Å². The van der Waals surface area contributed by atoms with Crippen LogP contribution in [0.15, 0.2) is 18.2 Å². The minimum Gasteiger partial charge on any atom is -0.495 e. The molecule has 0 saturated carbocycles. The summed E-state index contributed by atoms with van der Waals surface area (Å²) in [4.78, 5) is 0. The van der Waals surface area contributed by atoms with Crippen molar-refractivity contribution < 1.29 is 4.74 Å². The maximum atomic E-state index is 6.21. The van der Waals surface area contributed by atoms with E-state index in [0.717, 1.165) is 22.5 Å². The molecule has 2 aromatic rings. The van der Waals surface area contributed by atoms with Gasteiger partial charge in [0.2, 0.25) is 0 Å². The molecule has 0 atom stereocenters. The summed E-state index contributed by atoms with van der Waals surface area (Å²) in [5, 5.41) is 5.05. The van der Waals surface area contributed by atoms with Crippen molar-refractivity contribution in [1.82, 2.24) is 9.78 Å². The molecule has 0 saturated heterocycles. The lowest BCUT2D eigenvalue weighted by Gasteiger charge is -2.12. The summed E-state index contributed by atoms with van der Waals surface area (Å²) >= 11 is 6.21. The van der Waals surface area contributed by atoms with Crippen molar-refractivity contribution in [2.24, 2.45) is 5.73 Å². The lowest BCUT2D eigenvalue weighted by Crippen LogP contribution is -2.12. The number of aromatic nitrogens is 2. The van der Waals surface area contributed by atoms with Crippen LogP contribution in [0.25, 0.3) is 11.3 Å². The van der Waals surface area contributed by atoms with Crippen molar-refractivity contribution in [2.45, 2.75) is 20.4 Å². The maximum absolute atomic E-state index is 6.21. The molecule has 0 aliphatic heterocycles. The number of nitrogens with two attached hydrogens (primary N) is 1. The highest BCUT2D eigenvalue weighted by molar-refractivity contribution is 6.32. The molecule has 0 spiro atoms. The van der Waals surface area contributed by atoms with Gasteiger partial charge >= 0.3 is 0 Å². The van der Waals surface area contributed by atoms with Crippen LogP contribution >= 0.6 is 11.6 Å². The number of hydrogen-bond acceptors (Lipinski definition) is 3. The standard InChI is InChI=1S/C14H18ClN3O/c1-9-6-14(19-3)12(15)8-11(9)13-7-10(2)17-18(13)5-4-16/h6-8H,4-5,16H2,1-3H3. The SMILES string of the molecule is COc1cc(C)c(-c2cc(C)nn2CCN)cc1Cl. The molecule has 102 valence electrons. The molecule has 1 aromatic heterocycles. The second-order valence-corrected chi connectivity index (χ2v) is 4.89. The molecule has 0 aliphatic rings. The number of aryl methyl sites for hydroxylation is 2. The summed E-state index contributed by atoms with van der Waals surface area (Å²) in [6.07, 6.45) is 0. The van der Waals surface area contributed by atoms with Crippen molar-refractivity contribution in [3.05, 3.63) is 34.5 Å². The maximum Gasteiger partial charge on any atom is 0.137 e. The molecule has 1 aromatic carbocycles. The summed E-state index contributed by atoms with van der Waals surface area (Å²) in [6, 6.07) is 5.90. The van der Waals surface area contributed by atoms with Gasteiger partial charge in [0.25, 0.3) is 0 Å². The van der Waals surface area contributed by atoms with Crippen LogP contribution in [0.2, 0.25) is 5.02 Å². The number of ether oxygens (including phenoxy) is 1. The molecule has 2 rings (SSSR count). The Bertz CT molecular complexity index is 593. The molecule has 0 radical (unpaired) electrons. The van der Waals surface area contributed by atoms with Crippen molar-refractivity contribution in [1.29, 1.82) is 0 Å². The Morgan fingerprint density at radius 2 is 2.05 bits per heavy atom. The summed E-state index contributed by atoms with van der Waals surface area (Å²) in [6.45, 7) is 5.24. The van der Waals surface area contributed by atoms with Gasteiger partial charge in [0.05, 0.1) is 30.1 Å². The molecule has 0 unspecified atom stereocenters. The zero-order valence-electron chi connectivity index (χ0n) is 11.4. The molecule has 0 amide bonds.